The van der Waals surface area contributed by atoms with Crippen molar-refractivity contribution in [2.24, 2.45) is 11.8 Å². The quantitative estimate of drug-likeness (QED) is 0.691. The maximum absolute atomic E-state index is 11.6. The van der Waals surface area contributed by atoms with Gasteiger partial charge in [-0.15, -0.1) is 0 Å². The average Bonchev–Trinajstić information content (AvgIpc) is 2.72. The zero-order valence-electron chi connectivity index (χ0n) is 10.0. The van der Waals surface area contributed by atoms with Crippen LogP contribution < -0.4 is 5.32 Å². The zero-order valence-corrected chi connectivity index (χ0v) is 10.0. The van der Waals surface area contributed by atoms with Gasteiger partial charge < -0.3 is 14.8 Å². The third kappa shape index (κ3) is 1.69. The number of alkyl carbamates (subject to hydrolysis) is 1. The van der Waals surface area contributed by atoms with Gasteiger partial charge in [0.25, 0.3) is 0 Å². The van der Waals surface area contributed by atoms with E-state index in [9.17, 15) is 4.79 Å². The minimum Gasteiger partial charge on any atom is -0.444 e. The van der Waals surface area contributed by atoms with Crippen LogP contribution in [0.3, 0.4) is 0 Å². The maximum atomic E-state index is 11.6. The largest absolute Gasteiger partial charge is 0.444 e. The highest BCUT2D eigenvalue weighted by Crippen LogP contribution is 2.56. The summed E-state index contributed by atoms with van der Waals surface area (Å²) in [6.45, 7) is 5.65. The maximum Gasteiger partial charge on any atom is 0.407 e. The molecule has 0 spiro atoms. The summed E-state index contributed by atoms with van der Waals surface area (Å²) < 4.78 is 10.8. The fourth-order valence-electron chi connectivity index (χ4n) is 3.23. The summed E-state index contributed by atoms with van der Waals surface area (Å²) in [6, 6.07) is 0.267. The van der Waals surface area contributed by atoms with Crippen LogP contribution in [0.4, 0.5) is 4.79 Å². The molecule has 1 aliphatic heterocycles. The van der Waals surface area contributed by atoms with Crippen LogP contribution >= 0.6 is 0 Å². The van der Waals surface area contributed by atoms with Crippen molar-refractivity contribution in [3.05, 3.63) is 0 Å². The van der Waals surface area contributed by atoms with E-state index in [1.165, 1.54) is 6.42 Å². The zero-order chi connectivity index (χ0) is 11.5. The molecule has 3 aliphatic rings. The molecule has 0 aromatic heterocycles. The summed E-state index contributed by atoms with van der Waals surface area (Å²) in [7, 11) is 0. The van der Waals surface area contributed by atoms with Crippen LogP contribution in [-0.2, 0) is 9.47 Å². The molecule has 0 aromatic rings. The number of hydrogen-bond donors (Lipinski definition) is 1. The van der Waals surface area contributed by atoms with Crippen molar-refractivity contribution in [1.82, 2.24) is 5.32 Å². The first kappa shape index (κ1) is 10.4. The van der Waals surface area contributed by atoms with E-state index in [1.807, 2.05) is 20.8 Å². The molecule has 90 valence electrons. The van der Waals surface area contributed by atoms with Crippen LogP contribution in [0.5, 0.6) is 0 Å². The number of fused-ring (bicyclic) bond motifs is 5. The Hall–Kier alpha value is -0.770. The molecule has 1 amide bonds. The SMILES string of the molecule is CC(C)(C)OC(=O)NC1CC2CC1C1OC21. The highest BCUT2D eigenvalue weighted by Gasteiger charge is 2.63. The van der Waals surface area contributed by atoms with Gasteiger partial charge in [0.2, 0.25) is 0 Å². The molecule has 1 saturated heterocycles. The second-order valence-corrected chi connectivity index (χ2v) is 6.21. The third-order valence-electron chi connectivity index (χ3n) is 3.80. The molecular formula is C12H19NO3. The Kier molecular flexibility index (Phi) is 2.03. The number of amides is 1. The lowest BCUT2D eigenvalue weighted by molar-refractivity contribution is 0.0488. The Labute approximate surface area is 95.7 Å². The Morgan fingerprint density at radius 3 is 2.62 bits per heavy atom. The number of carbonyl (C=O) groups is 1. The minimum atomic E-state index is -0.416. The molecule has 3 rings (SSSR count). The fraction of sp³-hybridized carbons (Fsp3) is 0.917. The van der Waals surface area contributed by atoms with Gasteiger partial charge >= 0.3 is 6.09 Å². The van der Waals surface area contributed by atoms with Gasteiger partial charge in [0.05, 0.1) is 12.2 Å². The number of carbonyl (C=O) groups excluding carboxylic acids is 1. The summed E-state index contributed by atoms with van der Waals surface area (Å²) in [6.07, 6.45) is 2.93. The van der Waals surface area contributed by atoms with Gasteiger partial charge in [-0.2, -0.15) is 0 Å². The number of ether oxygens (including phenoxy) is 2. The van der Waals surface area contributed by atoms with E-state index in [0.717, 1.165) is 6.42 Å². The van der Waals surface area contributed by atoms with Crippen molar-refractivity contribution >= 4 is 6.09 Å². The third-order valence-corrected chi connectivity index (χ3v) is 3.80. The smallest absolute Gasteiger partial charge is 0.407 e. The first-order chi connectivity index (χ1) is 7.44. The van der Waals surface area contributed by atoms with E-state index in [1.54, 1.807) is 0 Å². The van der Waals surface area contributed by atoms with Crippen molar-refractivity contribution in [3.8, 4) is 0 Å². The molecule has 5 atom stereocenters. The van der Waals surface area contributed by atoms with Crippen molar-refractivity contribution < 1.29 is 14.3 Å². The van der Waals surface area contributed by atoms with Gasteiger partial charge in [-0.3, -0.25) is 0 Å². The average molecular weight is 225 g/mol. The Morgan fingerprint density at radius 1 is 1.31 bits per heavy atom. The van der Waals surface area contributed by atoms with Crippen LogP contribution in [0, 0.1) is 11.8 Å². The van der Waals surface area contributed by atoms with Gasteiger partial charge in [0, 0.05) is 12.0 Å². The van der Waals surface area contributed by atoms with E-state index >= 15 is 0 Å². The molecule has 2 aliphatic carbocycles. The molecule has 2 saturated carbocycles. The number of nitrogens with one attached hydrogen (secondary N) is 1. The highest BCUT2D eigenvalue weighted by atomic mass is 16.6. The molecule has 0 radical (unpaired) electrons. The molecule has 1 heterocycles. The molecule has 5 unspecified atom stereocenters. The Balaban J connectivity index is 1.54. The topological polar surface area (TPSA) is 50.9 Å². The summed E-state index contributed by atoms with van der Waals surface area (Å²) in [5, 5.41) is 2.98. The Morgan fingerprint density at radius 2 is 2.06 bits per heavy atom. The van der Waals surface area contributed by atoms with Gasteiger partial charge in [0.1, 0.15) is 5.60 Å². The predicted octanol–water partition coefficient (Wildman–Crippen LogP) is 1.69. The lowest BCUT2D eigenvalue weighted by Gasteiger charge is -2.24. The second kappa shape index (κ2) is 3.13. The van der Waals surface area contributed by atoms with E-state index < -0.39 is 5.60 Å². The molecule has 1 N–H and O–H groups in total. The van der Waals surface area contributed by atoms with Crippen LogP contribution in [0.25, 0.3) is 0 Å². The highest BCUT2D eigenvalue weighted by molar-refractivity contribution is 5.68. The molecule has 16 heavy (non-hydrogen) atoms. The van der Waals surface area contributed by atoms with Crippen molar-refractivity contribution in [1.29, 1.82) is 0 Å². The van der Waals surface area contributed by atoms with Crippen molar-refractivity contribution in [2.45, 2.75) is 57.5 Å². The summed E-state index contributed by atoms with van der Waals surface area (Å²) in [5.74, 6) is 1.21. The van der Waals surface area contributed by atoms with Gasteiger partial charge in [-0.25, -0.2) is 4.79 Å². The van der Waals surface area contributed by atoms with Crippen LogP contribution in [0.2, 0.25) is 0 Å². The summed E-state index contributed by atoms with van der Waals surface area (Å²) >= 11 is 0. The minimum absolute atomic E-state index is 0.267. The van der Waals surface area contributed by atoms with Crippen LogP contribution in [0.1, 0.15) is 33.6 Å². The Bertz CT molecular complexity index is 323. The number of rotatable bonds is 1. The molecular weight excluding hydrogens is 206 g/mol. The predicted molar refractivity (Wildman–Crippen MR) is 58.0 cm³/mol. The van der Waals surface area contributed by atoms with Gasteiger partial charge in [0.15, 0.2) is 0 Å². The van der Waals surface area contributed by atoms with E-state index in [0.29, 0.717) is 24.0 Å². The van der Waals surface area contributed by atoms with Gasteiger partial charge in [-0.05, 0) is 39.5 Å². The van der Waals surface area contributed by atoms with E-state index in [-0.39, 0.29) is 12.1 Å². The van der Waals surface area contributed by atoms with Crippen LogP contribution in [-0.4, -0.2) is 29.9 Å². The molecule has 4 nitrogen and oxygen atoms in total. The molecule has 4 heteroatoms. The second-order valence-electron chi connectivity index (χ2n) is 6.21. The van der Waals surface area contributed by atoms with E-state index in [2.05, 4.69) is 5.32 Å². The first-order valence-electron chi connectivity index (χ1n) is 6.09. The lowest BCUT2D eigenvalue weighted by Crippen LogP contribution is -2.43. The molecule has 3 fully saturated rings. The number of epoxide rings is 1. The van der Waals surface area contributed by atoms with Crippen molar-refractivity contribution in [3.63, 3.8) is 0 Å². The summed E-state index contributed by atoms with van der Waals surface area (Å²) in [5.41, 5.74) is -0.416. The summed E-state index contributed by atoms with van der Waals surface area (Å²) in [4.78, 5) is 11.6. The van der Waals surface area contributed by atoms with Gasteiger partial charge in [-0.1, -0.05) is 0 Å². The normalized spacial score (nSPS) is 44.1. The standard InChI is InChI=1S/C12H19NO3/c1-12(2,3)16-11(14)13-8-5-6-4-7(8)10-9(6)15-10/h6-10H,4-5H2,1-3H3,(H,13,14). The molecule has 0 aromatic carbocycles. The number of hydrogen-bond acceptors (Lipinski definition) is 3. The first-order valence-corrected chi connectivity index (χ1v) is 6.09. The van der Waals surface area contributed by atoms with Crippen molar-refractivity contribution in [2.75, 3.05) is 0 Å². The fourth-order valence-corrected chi connectivity index (χ4v) is 3.23. The lowest BCUT2D eigenvalue weighted by atomic mass is 9.95. The van der Waals surface area contributed by atoms with Crippen LogP contribution in [0.15, 0.2) is 0 Å². The monoisotopic (exact) mass is 225 g/mol. The molecule has 2 bridgehead atoms. The van der Waals surface area contributed by atoms with E-state index in [4.69, 9.17) is 9.47 Å².